The molecule has 1 aromatic rings. The summed E-state index contributed by atoms with van der Waals surface area (Å²) in [5.74, 6) is -0.949. The highest BCUT2D eigenvalue weighted by Crippen LogP contribution is 2.23. The normalized spacial score (nSPS) is 20.7. The molecule has 29 heavy (non-hydrogen) atoms. The molecule has 2 aliphatic rings. The number of benzene rings is 1. The third-order valence-corrected chi connectivity index (χ3v) is 6.03. The average molecular weight is 426 g/mol. The van der Waals surface area contributed by atoms with E-state index in [0.29, 0.717) is 30.7 Å². The fourth-order valence-electron chi connectivity index (χ4n) is 4.26. The molecule has 160 valence electrons. The second-order valence-electron chi connectivity index (χ2n) is 7.72. The van der Waals surface area contributed by atoms with Crippen molar-refractivity contribution < 1.29 is 18.7 Å². The Hall–Kier alpha value is -1.70. The zero-order chi connectivity index (χ0) is 20.8. The van der Waals surface area contributed by atoms with Crippen LogP contribution in [0, 0.1) is 5.82 Å². The Kier molecular flexibility index (Phi) is 7.86. The van der Waals surface area contributed by atoms with Crippen LogP contribution in [0.3, 0.4) is 0 Å². The molecule has 0 aromatic heterocycles. The van der Waals surface area contributed by atoms with Crippen LogP contribution in [-0.4, -0.2) is 73.1 Å². The minimum atomic E-state index is -0.586. The maximum Gasteiger partial charge on any atom is 0.254 e. The molecule has 0 radical (unpaired) electrons. The van der Waals surface area contributed by atoms with E-state index in [-0.39, 0.29) is 17.5 Å². The fourth-order valence-corrected chi connectivity index (χ4v) is 4.43. The topological polar surface area (TPSA) is 61.9 Å². The van der Waals surface area contributed by atoms with Crippen molar-refractivity contribution in [1.82, 2.24) is 15.1 Å². The number of hydrogen-bond donors (Lipinski definition) is 1. The number of ether oxygens (including phenoxy) is 1. The van der Waals surface area contributed by atoms with E-state index < -0.39 is 11.7 Å². The molecule has 2 fully saturated rings. The van der Waals surface area contributed by atoms with Gasteiger partial charge in [-0.05, 0) is 43.9 Å². The maximum absolute atomic E-state index is 13.9. The quantitative estimate of drug-likeness (QED) is 0.761. The van der Waals surface area contributed by atoms with Gasteiger partial charge < -0.3 is 15.0 Å². The maximum atomic E-state index is 13.9. The Morgan fingerprint density at radius 3 is 2.76 bits per heavy atom. The third kappa shape index (κ3) is 5.90. The van der Waals surface area contributed by atoms with E-state index in [4.69, 9.17) is 16.3 Å². The van der Waals surface area contributed by atoms with Gasteiger partial charge in [0.25, 0.3) is 5.91 Å². The van der Waals surface area contributed by atoms with Crippen molar-refractivity contribution >= 4 is 23.4 Å². The van der Waals surface area contributed by atoms with Crippen molar-refractivity contribution in [3.8, 4) is 0 Å². The van der Waals surface area contributed by atoms with Gasteiger partial charge in [-0.1, -0.05) is 11.6 Å². The van der Waals surface area contributed by atoms with Crippen LogP contribution < -0.4 is 5.32 Å². The fraction of sp³-hybridized carbons (Fsp3) is 0.619. The molecule has 0 saturated carbocycles. The highest BCUT2D eigenvalue weighted by molar-refractivity contribution is 6.31. The number of likely N-dealkylation sites (tertiary alicyclic amines) is 1. The molecule has 2 amide bonds. The Morgan fingerprint density at radius 2 is 2.03 bits per heavy atom. The van der Waals surface area contributed by atoms with Gasteiger partial charge in [0.1, 0.15) is 5.82 Å². The van der Waals surface area contributed by atoms with Gasteiger partial charge in [0.2, 0.25) is 5.91 Å². The van der Waals surface area contributed by atoms with Crippen LogP contribution >= 0.6 is 11.6 Å². The van der Waals surface area contributed by atoms with Gasteiger partial charge in [0, 0.05) is 63.4 Å². The Bertz CT molecular complexity index is 727. The number of carbonyl (C=O) groups is 2. The summed E-state index contributed by atoms with van der Waals surface area (Å²) in [4.78, 5) is 28.6. The van der Waals surface area contributed by atoms with Crippen LogP contribution in [0.25, 0.3) is 0 Å². The van der Waals surface area contributed by atoms with E-state index in [1.807, 2.05) is 4.90 Å². The predicted octanol–water partition coefficient (Wildman–Crippen LogP) is 2.70. The van der Waals surface area contributed by atoms with Crippen molar-refractivity contribution in [2.45, 2.75) is 44.7 Å². The Balaban J connectivity index is 1.63. The van der Waals surface area contributed by atoms with Gasteiger partial charge in [-0.15, -0.1) is 0 Å². The molecule has 3 rings (SSSR count). The highest BCUT2D eigenvalue weighted by atomic mass is 35.5. The zero-order valence-electron chi connectivity index (χ0n) is 16.8. The molecule has 6 nitrogen and oxygen atoms in total. The van der Waals surface area contributed by atoms with Gasteiger partial charge in [0.05, 0.1) is 5.56 Å². The minimum Gasteiger partial charge on any atom is -0.381 e. The van der Waals surface area contributed by atoms with Gasteiger partial charge in [-0.3, -0.25) is 14.5 Å². The van der Waals surface area contributed by atoms with Gasteiger partial charge in [-0.25, -0.2) is 4.39 Å². The number of nitrogens with one attached hydrogen (secondary N) is 1. The molecule has 8 heteroatoms. The summed E-state index contributed by atoms with van der Waals surface area (Å²) in [6.45, 7) is 5.63. The largest absolute Gasteiger partial charge is 0.381 e. The van der Waals surface area contributed by atoms with Crippen molar-refractivity contribution in [2.75, 3.05) is 39.4 Å². The van der Waals surface area contributed by atoms with E-state index in [9.17, 15) is 14.0 Å². The average Bonchev–Trinajstić information content (AvgIpc) is 2.73. The van der Waals surface area contributed by atoms with Crippen molar-refractivity contribution in [3.63, 3.8) is 0 Å². The molecular formula is C21H29ClFN3O3. The van der Waals surface area contributed by atoms with Crippen LogP contribution in [0.2, 0.25) is 5.02 Å². The summed E-state index contributed by atoms with van der Waals surface area (Å²) >= 11 is 5.89. The molecule has 2 heterocycles. The number of amides is 2. The molecule has 1 N–H and O–H groups in total. The number of hydrogen-bond acceptors (Lipinski definition) is 4. The first-order valence-electron chi connectivity index (χ1n) is 10.3. The monoisotopic (exact) mass is 425 g/mol. The zero-order valence-corrected chi connectivity index (χ0v) is 17.6. The molecule has 1 aromatic carbocycles. The standard InChI is InChI=1S/C21H29ClFN3O3/c1-15(27)25-9-2-3-18(14-25)26(17-6-11-29-12-7-17)10-8-24-21(28)19-13-16(22)4-5-20(19)23/h4-5,13,17-18H,2-3,6-12,14H2,1H3,(H,24,28). The lowest BCUT2D eigenvalue weighted by Gasteiger charge is -2.44. The number of carbonyl (C=O) groups excluding carboxylic acids is 2. The molecule has 0 spiro atoms. The molecule has 0 bridgehead atoms. The van der Waals surface area contributed by atoms with E-state index in [1.165, 1.54) is 18.2 Å². The van der Waals surface area contributed by atoms with Crippen LogP contribution in [0.4, 0.5) is 4.39 Å². The molecule has 2 aliphatic heterocycles. The van der Waals surface area contributed by atoms with E-state index in [1.54, 1.807) is 6.92 Å². The van der Waals surface area contributed by atoms with Crippen LogP contribution in [-0.2, 0) is 9.53 Å². The third-order valence-electron chi connectivity index (χ3n) is 5.80. The van der Waals surface area contributed by atoms with Crippen molar-refractivity contribution in [1.29, 1.82) is 0 Å². The summed E-state index contributed by atoms with van der Waals surface area (Å²) in [6, 6.07) is 4.58. The van der Waals surface area contributed by atoms with E-state index >= 15 is 0 Å². The Labute approximate surface area is 176 Å². The second-order valence-corrected chi connectivity index (χ2v) is 8.16. The van der Waals surface area contributed by atoms with Crippen LogP contribution in [0.1, 0.15) is 43.0 Å². The van der Waals surface area contributed by atoms with Crippen molar-refractivity contribution in [3.05, 3.63) is 34.6 Å². The lowest BCUT2D eigenvalue weighted by molar-refractivity contribution is -0.131. The molecule has 1 atom stereocenters. The van der Waals surface area contributed by atoms with E-state index in [2.05, 4.69) is 10.2 Å². The first kappa shape index (κ1) is 22.0. The minimum absolute atomic E-state index is 0.0458. The van der Waals surface area contributed by atoms with E-state index in [0.717, 1.165) is 45.4 Å². The van der Waals surface area contributed by atoms with Gasteiger partial charge in [-0.2, -0.15) is 0 Å². The number of piperidine rings is 1. The number of nitrogens with zero attached hydrogens (tertiary/aromatic N) is 2. The second kappa shape index (κ2) is 10.4. The van der Waals surface area contributed by atoms with Gasteiger partial charge >= 0.3 is 0 Å². The molecule has 2 saturated heterocycles. The first-order valence-corrected chi connectivity index (χ1v) is 10.7. The SMILES string of the molecule is CC(=O)N1CCCC(N(CCNC(=O)c2cc(Cl)ccc2F)C2CCOCC2)C1. The van der Waals surface area contributed by atoms with Crippen molar-refractivity contribution in [2.24, 2.45) is 0 Å². The molecule has 1 unspecified atom stereocenters. The first-order chi connectivity index (χ1) is 14.0. The smallest absolute Gasteiger partial charge is 0.254 e. The number of halogens is 2. The summed E-state index contributed by atoms with van der Waals surface area (Å²) in [5.41, 5.74) is -0.0458. The summed E-state index contributed by atoms with van der Waals surface area (Å²) in [5, 5.41) is 3.14. The molecule has 0 aliphatic carbocycles. The summed E-state index contributed by atoms with van der Waals surface area (Å²) in [6.07, 6.45) is 3.88. The summed E-state index contributed by atoms with van der Waals surface area (Å²) < 4.78 is 19.4. The lowest BCUT2D eigenvalue weighted by atomic mass is 9.98. The lowest BCUT2D eigenvalue weighted by Crippen LogP contribution is -2.55. The summed E-state index contributed by atoms with van der Waals surface area (Å²) in [7, 11) is 0. The highest BCUT2D eigenvalue weighted by Gasteiger charge is 2.31. The molecular weight excluding hydrogens is 397 g/mol. The van der Waals surface area contributed by atoms with Gasteiger partial charge in [0.15, 0.2) is 0 Å². The Morgan fingerprint density at radius 1 is 1.28 bits per heavy atom. The predicted molar refractivity (Wildman–Crippen MR) is 110 cm³/mol. The van der Waals surface area contributed by atoms with Crippen LogP contribution in [0.15, 0.2) is 18.2 Å². The van der Waals surface area contributed by atoms with Crippen LogP contribution in [0.5, 0.6) is 0 Å². The number of rotatable bonds is 6.